The van der Waals surface area contributed by atoms with Crippen molar-refractivity contribution >= 4 is 17.4 Å². The Balaban J connectivity index is 2.12. The molecule has 0 saturated heterocycles. The summed E-state index contributed by atoms with van der Waals surface area (Å²) in [5, 5.41) is 2.96. The lowest BCUT2D eigenvalue weighted by Crippen LogP contribution is -2.35. The molecule has 3 nitrogen and oxygen atoms in total. The third-order valence-corrected chi connectivity index (χ3v) is 3.35. The van der Waals surface area contributed by atoms with Crippen molar-refractivity contribution in [1.29, 1.82) is 0 Å². The molecule has 2 aromatic rings. The van der Waals surface area contributed by atoms with Crippen molar-refractivity contribution in [3.8, 4) is 0 Å². The maximum Gasteiger partial charge on any atom is 0.326 e. The smallest absolute Gasteiger partial charge is 0.308 e. The van der Waals surface area contributed by atoms with Crippen LogP contribution in [0.25, 0.3) is 0 Å². The molecule has 0 aliphatic rings. The van der Waals surface area contributed by atoms with Gasteiger partial charge in [-0.15, -0.1) is 0 Å². The van der Waals surface area contributed by atoms with E-state index in [1.165, 1.54) is 5.56 Å². The molecule has 21 heavy (non-hydrogen) atoms. The van der Waals surface area contributed by atoms with E-state index in [9.17, 15) is 4.79 Å². The number of amides is 2. The number of benzene rings is 2. The van der Waals surface area contributed by atoms with Crippen molar-refractivity contribution < 1.29 is 4.79 Å². The third-order valence-electron chi connectivity index (χ3n) is 3.35. The van der Waals surface area contributed by atoms with Gasteiger partial charge in [0.1, 0.15) is 0 Å². The minimum Gasteiger partial charge on any atom is -0.308 e. The number of nitrogens with zero attached hydrogens (tertiary/aromatic N) is 1. The Morgan fingerprint density at radius 3 is 2.33 bits per heavy atom. The van der Waals surface area contributed by atoms with Crippen LogP contribution in [-0.4, -0.2) is 12.6 Å². The second-order valence-electron chi connectivity index (χ2n) is 5.14. The van der Waals surface area contributed by atoms with E-state index in [1.807, 2.05) is 61.5 Å². The molecule has 0 aliphatic heterocycles. The quantitative estimate of drug-likeness (QED) is 0.836. The first-order chi connectivity index (χ1) is 10.2. The van der Waals surface area contributed by atoms with Gasteiger partial charge in [0.15, 0.2) is 0 Å². The monoisotopic (exact) mass is 282 g/mol. The summed E-state index contributed by atoms with van der Waals surface area (Å²) in [5.74, 6) is 0. The van der Waals surface area contributed by atoms with Crippen molar-refractivity contribution in [3.05, 3.63) is 60.2 Å². The molecule has 0 heterocycles. The predicted octanol–water partition coefficient (Wildman–Crippen LogP) is 4.83. The highest BCUT2D eigenvalue weighted by Crippen LogP contribution is 2.17. The highest BCUT2D eigenvalue weighted by Gasteiger charge is 2.14. The van der Waals surface area contributed by atoms with Gasteiger partial charge in [-0.25, -0.2) is 4.79 Å². The molecular weight excluding hydrogens is 260 g/mol. The molecule has 0 atom stereocenters. The first-order valence-corrected chi connectivity index (χ1v) is 7.41. The molecule has 0 radical (unpaired) electrons. The number of para-hydroxylation sites is 1. The van der Waals surface area contributed by atoms with Crippen LogP contribution in [0.3, 0.4) is 0 Å². The number of unbranched alkanes of at least 4 members (excludes halogenated alkanes) is 1. The van der Waals surface area contributed by atoms with Crippen molar-refractivity contribution in [3.63, 3.8) is 0 Å². The summed E-state index contributed by atoms with van der Waals surface area (Å²) in [6.45, 7) is 4.88. The van der Waals surface area contributed by atoms with Crippen LogP contribution < -0.4 is 10.2 Å². The highest BCUT2D eigenvalue weighted by molar-refractivity contribution is 6.01. The molecule has 110 valence electrons. The molecule has 3 heteroatoms. The summed E-state index contributed by atoms with van der Waals surface area (Å²) < 4.78 is 0. The summed E-state index contributed by atoms with van der Waals surface area (Å²) in [6, 6.07) is 17.5. The number of hydrogen-bond donors (Lipinski definition) is 1. The van der Waals surface area contributed by atoms with Crippen LogP contribution in [-0.2, 0) is 0 Å². The number of anilines is 2. The minimum absolute atomic E-state index is 0.0847. The van der Waals surface area contributed by atoms with Gasteiger partial charge < -0.3 is 5.32 Å². The Morgan fingerprint density at radius 1 is 1.05 bits per heavy atom. The number of rotatable bonds is 5. The summed E-state index contributed by atoms with van der Waals surface area (Å²) in [5.41, 5.74) is 2.93. The fourth-order valence-electron chi connectivity index (χ4n) is 2.10. The van der Waals surface area contributed by atoms with Crippen LogP contribution in [0.5, 0.6) is 0 Å². The van der Waals surface area contributed by atoms with Gasteiger partial charge in [0.05, 0.1) is 0 Å². The number of nitrogens with one attached hydrogen (secondary N) is 1. The lowest BCUT2D eigenvalue weighted by atomic mass is 10.2. The van der Waals surface area contributed by atoms with Crippen LogP contribution in [0.4, 0.5) is 16.2 Å². The lowest BCUT2D eigenvalue weighted by Gasteiger charge is -2.23. The van der Waals surface area contributed by atoms with E-state index in [-0.39, 0.29) is 6.03 Å². The number of aryl methyl sites for hydroxylation is 1. The topological polar surface area (TPSA) is 32.3 Å². The maximum atomic E-state index is 12.5. The molecule has 0 spiro atoms. The Morgan fingerprint density at radius 2 is 1.71 bits per heavy atom. The van der Waals surface area contributed by atoms with E-state index in [0.29, 0.717) is 0 Å². The molecule has 1 N–H and O–H groups in total. The molecule has 0 unspecified atom stereocenters. The minimum atomic E-state index is -0.0847. The van der Waals surface area contributed by atoms with E-state index >= 15 is 0 Å². The van der Waals surface area contributed by atoms with Crippen LogP contribution in [0.1, 0.15) is 25.3 Å². The van der Waals surface area contributed by atoms with Crippen molar-refractivity contribution in [2.75, 3.05) is 16.8 Å². The number of hydrogen-bond acceptors (Lipinski definition) is 1. The zero-order valence-corrected chi connectivity index (χ0v) is 12.7. The van der Waals surface area contributed by atoms with Gasteiger partial charge in [0.2, 0.25) is 0 Å². The molecule has 0 saturated carbocycles. The molecule has 0 fully saturated rings. The molecule has 0 aliphatic carbocycles. The SMILES string of the molecule is CCCCN(C(=O)Nc1ccc(C)cc1)c1ccccc1. The van der Waals surface area contributed by atoms with Gasteiger partial charge in [0.25, 0.3) is 0 Å². The van der Waals surface area contributed by atoms with E-state index < -0.39 is 0 Å². The zero-order chi connectivity index (χ0) is 15.1. The van der Waals surface area contributed by atoms with Gasteiger partial charge in [-0.05, 0) is 37.6 Å². The van der Waals surface area contributed by atoms with Crippen LogP contribution >= 0.6 is 0 Å². The predicted molar refractivity (Wildman–Crippen MR) is 88.9 cm³/mol. The van der Waals surface area contributed by atoms with Crippen LogP contribution in [0.15, 0.2) is 54.6 Å². The fourth-order valence-corrected chi connectivity index (χ4v) is 2.10. The highest BCUT2D eigenvalue weighted by atomic mass is 16.2. The van der Waals surface area contributed by atoms with E-state index in [4.69, 9.17) is 0 Å². The number of urea groups is 1. The average molecular weight is 282 g/mol. The average Bonchev–Trinajstić information content (AvgIpc) is 2.51. The first-order valence-electron chi connectivity index (χ1n) is 7.41. The summed E-state index contributed by atoms with van der Waals surface area (Å²) in [6.07, 6.45) is 2.04. The fraction of sp³-hybridized carbons (Fsp3) is 0.278. The van der Waals surface area contributed by atoms with Gasteiger partial charge in [-0.3, -0.25) is 4.90 Å². The maximum absolute atomic E-state index is 12.5. The summed E-state index contributed by atoms with van der Waals surface area (Å²) in [4.78, 5) is 14.3. The molecule has 2 rings (SSSR count). The van der Waals surface area contributed by atoms with Gasteiger partial charge in [-0.1, -0.05) is 49.2 Å². The van der Waals surface area contributed by atoms with Crippen molar-refractivity contribution in [1.82, 2.24) is 0 Å². The van der Waals surface area contributed by atoms with E-state index in [2.05, 4.69) is 12.2 Å². The largest absolute Gasteiger partial charge is 0.326 e. The second kappa shape index (κ2) is 7.48. The Hall–Kier alpha value is -2.29. The van der Waals surface area contributed by atoms with Gasteiger partial charge in [-0.2, -0.15) is 0 Å². The van der Waals surface area contributed by atoms with E-state index in [1.54, 1.807) is 4.90 Å². The van der Waals surface area contributed by atoms with Crippen LogP contribution in [0.2, 0.25) is 0 Å². The van der Waals surface area contributed by atoms with Gasteiger partial charge in [0, 0.05) is 17.9 Å². The molecule has 0 bridgehead atoms. The molecule has 0 aromatic heterocycles. The zero-order valence-electron chi connectivity index (χ0n) is 12.7. The summed E-state index contributed by atoms with van der Waals surface area (Å²) in [7, 11) is 0. The normalized spacial score (nSPS) is 10.2. The third kappa shape index (κ3) is 4.35. The van der Waals surface area contributed by atoms with Crippen molar-refractivity contribution in [2.45, 2.75) is 26.7 Å². The summed E-state index contributed by atoms with van der Waals surface area (Å²) >= 11 is 0. The van der Waals surface area contributed by atoms with E-state index in [0.717, 1.165) is 30.8 Å². The number of carbonyl (C=O) groups excluding carboxylic acids is 1. The van der Waals surface area contributed by atoms with Crippen LogP contribution in [0, 0.1) is 6.92 Å². The molecule has 2 amide bonds. The molecule has 2 aromatic carbocycles. The first kappa shape index (κ1) is 15.1. The standard InChI is InChI=1S/C18H22N2O/c1-3-4-14-20(17-8-6-5-7-9-17)18(21)19-16-12-10-15(2)11-13-16/h5-13H,3-4,14H2,1-2H3,(H,19,21). The Kier molecular flexibility index (Phi) is 5.38. The molecular formula is C18H22N2O. The van der Waals surface area contributed by atoms with Gasteiger partial charge >= 0.3 is 6.03 Å². The van der Waals surface area contributed by atoms with Crippen molar-refractivity contribution in [2.24, 2.45) is 0 Å². The second-order valence-corrected chi connectivity index (χ2v) is 5.14. The Bertz CT molecular complexity index is 564. The lowest BCUT2D eigenvalue weighted by molar-refractivity contribution is 0.257. The Labute approximate surface area is 126 Å². The number of carbonyl (C=O) groups is 1.